The average Bonchev–Trinajstić information content (AvgIpc) is 1.97. The molecule has 0 heteroatoms. The van der Waals surface area contributed by atoms with Crippen LogP contribution < -0.4 is 0 Å². The first-order valence-electron chi connectivity index (χ1n) is 4.27. The van der Waals surface area contributed by atoms with Crippen molar-refractivity contribution in [2.24, 2.45) is 5.92 Å². The van der Waals surface area contributed by atoms with Crippen LogP contribution in [0.15, 0.2) is 0 Å². The first kappa shape index (κ1) is 22.5. The summed E-state index contributed by atoms with van der Waals surface area (Å²) in [5.74, 6) is 0.884. The lowest BCUT2D eigenvalue weighted by molar-refractivity contribution is 0.626. The molecule has 0 heterocycles. The summed E-state index contributed by atoms with van der Waals surface area (Å²) < 4.78 is 0. The van der Waals surface area contributed by atoms with Gasteiger partial charge in [0.05, 0.1) is 0 Å². The zero-order chi connectivity index (χ0) is 8.28. The van der Waals surface area contributed by atoms with E-state index in [4.69, 9.17) is 0 Å². The third kappa shape index (κ3) is 98.0. The Hall–Kier alpha value is 0. The van der Waals surface area contributed by atoms with Gasteiger partial charge in [0.25, 0.3) is 0 Å². The van der Waals surface area contributed by atoms with Gasteiger partial charge in [-0.15, -0.1) is 0 Å². The second kappa shape index (κ2) is 36.0. The topological polar surface area (TPSA) is 0 Å². The van der Waals surface area contributed by atoms with E-state index in [-0.39, 0.29) is 7.43 Å². The Morgan fingerprint density at radius 3 is 1.00 bits per heavy atom. The van der Waals surface area contributed by atoms with Gasteiger partial charge in [-0.2, -0.15) is 0 Å². The molecule has 0 saturated heterocycles. The van der Waals surface area contributed by atoms with Gasteiger partial charge in [-0.25, -0.2) is 0 Å². The van der Waals surface area contributed by atoms with Crippen LogP contribution in [-0.2, 0) is 0 Å². The van der Waals surface area contributed by atoms with Crippen molar-refractivity contribution >= 4 is 0 Å². The molecule has 0 aliphatic rings. The summed E-state index contributed by atoms with van der Waals surface area (Å²) >= 11 is 0. The minimum absolute atomic E-state index is 0. The van der Waals surface area contributed by atoms with E-state index in [0.717, 1.165) is 5.92 Å². The molecule has 0 radical (unpaired) electrons. The molecule has 0 N–H and O–H groups in total. The predicted molar refractivity (Wildman–Crippen MR) is 54.6 cm³/mol. The SMILES string of the molecule is C.CC.CC.CCC(C)C. The first-order chi connectivity index (χ1) is 4.27. The van der Waals surface area contributed by atoms with Crippen molar-refractivity contribution in [3.63, 3.8) is 0 Å². The summed E-state index contributed by atoms with van der Waals surface area (Å²) in [5.41, 5.74) is 0. The highest BCUT2D eigenvalue weighted by molar-refractivity contribution is 4.32. The van der Waals surface area contributed by atoms with E-state index in [1.165, 1.54) is 6.42 Å². The summed E-state index contributed by atoms with van der Waals surface area (Å²) in [5, 5.41) is 0. The lowest BCUT2D eigenvalue weighted by Gasteiger charge is -1.90. The lowest BCUT2D eigenvalue weighted by Crippen LogP contribution is -1.77. The van der Waals surface area contributed by atoms with E-state index in [1.807, 2.05) is 27.7 Å². The van der Waals surface area contributed by atoms with Gasteiger partial charge in [0.2, 0.25) is 0 Å². The Labute approximate surface area is 69.0 Å². The molecule has 0 bridgehead atoms. The molecule has 0 atom stereocenters. The maximum Gasteiger partial charge on any atom is -0.0474 e. The highest BCUT2D eigenvalue weighted by atomic mass is 13.9. The van der Waals surface area contributed by atoms with Crippen LogP contribution in [0.2, 0.25) is 0 Å². The van der Waals surface area contributed by atoms with E-state index >= 15 is 0 Å². The third-order valence-electron chi connectivity index (χ3n) is 0.816. The number of rotatable bonds is 1. The molecule has 0 rings (SSSR count). The zero-order valence-electron chi connectivity index (χ0n) is 8.28. The second-order valence-electron chi connectivity index (χ2n) is 1.80. The maximum absolute atomic E-state index is 2.22. The van der Waals surface area contributed by atoms with Crippen molar-refractivity contribution in [2.45, 2.75) is 62.3 Å². The molecular formula is C10H28. The van der Waals surface area contributed by atoms with Crippen LogP contribution >= 0.6 is 0 Å². The summed E-state index contributed by atoms with van der Waals surface area (Å²) in [6, 6.07) is 0. The Morgan fingerprint density at radius 2 is 1.00 bits per heavy atom. The molecule has 0 unspecified atom stereocenters. The normalized spacial score (nSPS) is 6.00. The zero-order valence-corrected chi connectivity index (χ0v) is 8.28. The minimum atomic E-state index is 0. The van der Waals surface area contributed by atoms with Crippen molar-refractivity contribution in [1.29, 1.82) is 0 Å². The fraction of sp³-hybridized carbons (Fsp3) is 1.00. The van der Waals surface area contributed by atoms with Crippen LogP contribution in [0.25, 0.3) is 0 Å². The predicted octanol–water partition coefficient (Wildman–Crippen LogP) is 4.74. The van der Waals surface area contributed by atoms with Gasteiger partial charge in [0.1, 0.15) is 0 Å². The molecule has 68 valence electrons. The Bertz CT molecular complexity index is 14.0. The summed E-state index contributed by atoms with van der Waals surface area (Å²) in [6.45, 7) is 14.6. The first-order valence-corrected chi connectivity index (χ1v) is 4.27. The molecule has 0 fully saturated rings. The summed E-state index contributed by atoms with van der Waals surface area (Å²) in [6.07, 6.45) is 1.31. The smallest absolute Gasteiger partial charge is 0.0474 e. The van der Waals surface area contributed by atoms with Crippen LogP contribution in [0.3, 0.4) is 0 Å². The third-order valence-corrected chi connectivity index (χ3v) is 0.816. The molecule has 0 aliphatic carbocycles. The van der Waals surface area contributed by atoms with Crippen LogP contribution in [0, 0.1) is 5.92 Å². The van der Waals surface area contributed by atoms with Crippen molar-refractivity contribution in [2.75, 3.05) is 0 Å². The van der Waals surface area contributed by atoms with Crippen molar-refractivity contribution in [3.05, 3.63) is 0 Å². The van der Waals surface area contributed by atoms with Gasteiger partial charge in [-0.05, 0) is 5.92 Å². The van der Waals surface area contributed by atoms with E-state index in [1.54, 1.807) is 0 Å². The molecule has 0 spiro atoms. The standard InChI is InChI=1S/C5H12.2C2H6.CH4/c1-4-5(2)3;2*1-2;/h5H,4H2,1-3H3;2*1-2H3;1H4. The van der Waals surface area contributed by atoms with E-state index in [0.29, 0.717) is 0 Å². The summed E-state index contributed by atoms with van der Waals surface area (Å²) in [7, 11) is 0. The van der Waals surface area contributed by atoms with Crippen molar-refractivity contribution in [3.8, 4) is 0 Å². The molecule has 0 saturated carbocycles. The fourth-order valence-electron chi connectivity index (χ4n) is 0. The van der Waals surface area contributed by atoms with Crippen LogP contribution in [0.4, 0.5) is 0 Å². The van der Waals surface area contributed by atoms with Crippen molar-refractivity contribution < 1.29 is 0 Å². The Morgan fingerprint density at radius 1 is 0.900 bits per heavy atom. The van der Waals surface area contributed by atoms with Gasteiger partial charge in [-0.1, -0.05) is 62.3 Å². The molecule has 0 nitrogen and oxygen atoms in total. The summed E-state index contributed by atoms with van der Waals surface area (Å²) in [4.78, 5) is 0. The van der Waals surface area contributed by atoms with E-state index in [2.05, 4.69) is 20.8 Å². The molecule has 0 aromatic heterocycles. The quantitative estimate of drug-likeness (QED) is 0.504. The number of hydrogen-bond acceptors (Lipinski definition) is 0. The van der Waals surface area contributed by atoms with Crippen LogP contribution in [0.5, 0.6) is 0 Å². The molecule has 10 heavy (non-hydrogen) atoms. The highest BCUT2D eigenvalue weighted by Crippen LogP contribution is 1.93. The largest absolute Gasteiger partial charge is 0.0776 e. The number of hydrogen-bond donors (Lipinski definition) is 0. The van der Waals surface area contributed by atoms with E-state index < -0.39 is 0 Å². The molecule has 0 aromatic rings. The maximum atomic E-state index is 2.22. The molecule has 0 amide bonds. The fourth-order valence-corrected chi connectivity index (χ4v) is 0. The Kier molecular flexibility index (Phi) is 81.0. The van der Waals surface area contributed by atoms with Gasteiger partial charge in [0.15, 0.2) is 0 Å². The Balaban J connectivity index is -0.0000000315. The second-order valence-corrected chi connectivity index (χ2v) is 1.80. The van der Waals surface area contributed by atoms with Gasteiger partial charge in [0, 0.05) is 0 Å². The lowest BCUT2D eigenvalue weighted by atomic mass is 10.2. The van der Waals surface area contributed by atoms with Gasteiger partial charge < -0.3 is 0 Å². The van der Waals surface area contributed by atoms with Gasteiger partial charge >= 0.3 is 0 Å². The van der Waals surface area contributed by atoms with Crippen LogP contribution in [0.1, 0.15) is 62.3 Å². The van der Waals surface area contributed by atoms with E-state index in [9.17, 15) is 0 Å². The molecular weight excluding hydrogens is 120 g/mol. The molecule has 0 aliphatic heterocycles. The van der Waals surface area contributed by atoms with Gasteiger partial charge in [-0.3, -0.25) is 0 Å². The van der Waals surface area contributed by atoms with Crippen molar-refractivity contribution in [1.82, 2.24) is 0 Å². The monoisotopic (exact) mass is 148 g/mol. The molecule has 0 aromatic carbocycles. The minimum Gasteiger partial charge on any atom is -0.0776 e. The average molecular weight is 148 g/mol. The van der Waals surface area contributed by atoms with Crippen LogP contribution in [-0.4, -0.2) is 0 Å². The highest BCUT2D eigenvalue weighted by Gasteiger charge is 1.80.